The fraction of sp³-hybridized carbons (Fsp3) is 0.455. The molecule has 1 aromatic carbocycles. The number of ether oxygens (including phenoxy) is 1. The van der Waals surface area contributed by atoms with Crippen LogP contribution in [0.4, 0.5) is 8.78 Å². The van der Waals surface area contributed by atoms with Crippen molar-refractivity contribution in [2.75, 3.05) is 13.2 Å². The molecule has 0 radical (unpaired) electrons. The largest absolute Gasteiger partial charge is 0.388 e. The summed E-state index contributed by atoms with van der Waals surface area (Å²) in [6.07, 6.45) is -0.0252. The SMILES string of the molecule is OC(c1ccc(F)c(F)c1)C1CCOC1. The number of hydrogen-bond donors (Lipinski definition) is 1. The molecule has 1 aliphatic heterocycles. The molecule has 0 bridgehead atoms. The molecule has 2 atom stereocenters. The van der Waals surface area contributed by atoms with Gasteiger partial charge in [0.05, 0.1) is 12.7 Å². The van der Waals surface area contributed by atoms with Crippen molar-refractivity contribution in [3.8, 4) is 0 Å². The topological polar surface area (TPSA) is 29.5 Å². The van der Waals surface area contributed by atoms with Crippen molar-refractivity contribution in [2.24, 2.45) is 5.92 Å². The first-order valence-corrected chi connectivity index (χ1v) is 4.89. The van der Waals surface area contributed by atoms with E-state index in [1.54, 1.807) is 0 Å². The van der Waals surface area contributed by atoms with E-state index in [4.69, 9.17) is 4.74 Å². The van der Waals surface area contributed by atoms with Crippen LogP contribution in [0.15, 0.2) is 18.2 Å². The van der Waals surface area contributed by atoms with Crippen LogP contribution in [0.25, 0.3) is 0 Å². The Hall–Kier alpha value is -1.00. The van der Waals surface area contributed by atoms with Crippen LogP contribution < -0.4 is 0 Å². The van der Waals surface area contributed by atoms with Crippen LogP contribution in [-0.4, -0.2) is 18.3 Å². The minimum atomic E-state index is -0.925. The van der Waals surface area contributed by atoms with Crippen molar-refractivity contribution in [3.63, 3.8) is 0 Å². The molecule has 2 unspecified atom stereocenters. The highest BCUT2D eigenvalue weighted by atomic mass is 19.2. The molecule has 15 heavy (non-hydrogen) atoms. The number of benzene rings is 1. The Kier molecular flexibility index (Phi) is 2.98. The lowest BCUT2D eigenvalue weighted by molar-refractivity contribution is 0.0914. The summed E-state index contributed by atoms with van der Waals surface area (Å²) in [6, 6.07) is 3.48. The number of aliphatic hydroxyl groups excluding tert-OH is 1. The number of halogens is 2. The fourth-order valence-corrected chi connectivity index (χ4v) is 1.77. The van der Waals surface area contributed by atoms with Gasteiger partial charge in [0, 0.05) is 12.5 Å². The maximum atomic E-state index is 12.9. The van der Waals surface area contributed by atoms with E-state index >= 15 is 0 Å². The maximum absolute atomic E-state index is 12.9. The van der Waals surface area contributed by atoms with Gasteiger partial charge in [-0.15, -0.1) is 0 Å². The van der Waals surface area contributed by atoms with Crippen molar-refractivity contribution in [2.45, 2.75) is 12.5 Å². The highest BCUT2D eigenvalue weighted by Crippen LogP contribution is 2.29. The van der Waals surface area contributed by atoms with Gasteiger partial charge in [0.25, 0.3) is 0 Å². The van der Waals surface area contributed by atoms with E-state index in [2.05, 4.69) is 0 Å². The molecule has 0 amide bonds. The zero-order valence-electron chi connectivity index (χ0n) is 8.12. The average molecular weight is 214 g/mol. The summed E-state index contributed by atoms with van der Waals surface area (Å²) in [5, 5.41) is 9.87. The van der Waals surface area contributed by atoms with E-state index < -0.39 is 17.7 Å². The second kappa shape index (κ2) is 4.24. The molecular weight excluding hydrogens is 202 g/mol. The highest BCUT2D eigenvalue weighted by Gasteiger charge is 2.25. The van der Waals surface area contributed by atoms with Crippen molar-refractivity contribution >= 4 is 0 Å². The molecule has 0 aliphatic carbocycles. The minimum absolute atomic E-state index is 0.0186. The van der Waals surface area contributed by atoms with E-state index in [1.807, 2.05) is 0 Å². The van der Waals surface area contributed by atoms with Crippen LogP contribution in [0.1, 0.15) is 18.1 Å². The Morgan fingerprint density at radius 2 is 2.13 bits per heavy atom. The van der Waals surface area contributed by atoms with Gasteiger partial charge in [-0.3, -0.25) is 0 Å². The molecule has 82 valence electrons. The Morgan fingerprint density at radius 3 is 2.73 bits per heavy atom. The van der Waals surface area contributed by atoms with Crippen LogP contribution in [0.2, 0.25) is 0 Å². The summed E-state index contributed by atoms with van der Waals surface area (Å²) in [5.41, 5.74) is 0.407. The van der Waals surface area contributed by atoms with Crippen LogP contribution in [0.5, 0.6) is 0 Å². The quantitative estimate of drug-likeness (QED) is 0.816. The molecular formula is C11H12F2O2. The summed E-state index contributed by atoms with van der Waals surface area (Å²) in [6.45, 7) is 1.09. The second-order valence-corrected chi connectivity index (χ2v) is 3.74. The van der Waals surface area contributed by atoms with E-state index in [0.717, 1.165) is 18.6 Å². The molecule has 2 nitrogen and oxygen atoms in total. The molecule has 1 aromatic rings. The number of rotatable bonds is 2. The highest BCUT2D eigenvalue weighted by molar-refractivity contribution is 5.20. The van der Waals surface area contributed by atoms with Crippen molar-refractivity contribution in [1.82, 2.24) is 0 Å². The summed E-state index contributed by atoms with van der Waals surface area (Å²) in [5.74, 6) is -1.84. The van der Waals surface area contributed by atoms with Gasteiger partial charge in [0.2, 0.25) is 0 Å². The standard InChI is InChI=1S/C11H12F2O2/c12-9-2-1-7(5-10(9)13)11(14)8-3-4-15-6-8/h1-2,5,8,11,14H,3-4,6H2. The second-order valence-electron chi connectivity index (χ2n) is 3.74. The van der Waals surface area contributed by atoms with Crippen LogP contribution in [-0.2, 0) is 4.74 Å². The summed E-state index contributed by atoms with van der Waals surface area (Å²) < 4.78 is 30.7. The van der Waals surface area contributed by atoms with Gasteiger partial charge < -0.3 is 9.84 Å². The molecule has 1 heterocycles. The first-order valence-electron chi connectivity index (χ1n) is 4.89. The van der Waals surface area contributed by atoms with Gasteiger partial charge >= 0.3 is 0 Å². The molecule has 1 saturated heterocycles. The predicted octanol–water partition coefficient (Wildman–Crippen LogP) is 2.03. The van der Waals surface area contributed by atoms with E-state index in [9.17, 15) is 13.9 Å². The monoisotopic (exact) mass is 214 g/mol. The normalized spacial score (nSPS) is 23.0. The molecule has 1 fully saturated rings. The molecule has 0 aromatic heterocycles. The average Bonchev–Trinajstić information content (AvgIpc) is 2.74. The Morgan fingerprint density at radius 1 is 1.33 bits per heavy atom. The molecule has 0 spiro atoms. The van der Waals surface area contributed by atoms with Gasteiger partial charge in [-0.05, 0) is 24.1 Å². The summed E-state index contributed by atoms with van der Waals surface area (Å²) in [7, 11) is 0. The van der Waals surface area contributed by atoms with Crippen molar-refractivity contribution in [1.29, 1.82) is 0 Å². The zero-order chi connectivity index (χ0) is 10.8. The van der Waals surface area contributed by atoms with Gasteiger partial charge in [-0.1, -0.05) is 6.07 Å². The molecule has 0 saturated carbocycles. The third-order valence-electron chi connectivity index (χ3n) is 2.70. The van der Waals surface area contributed by atoms with Gasteiger partial charge in [0.1, 0.15) is 0 Å². The Bertz CT molecular complexity index is 348. The van der Waals surface area contributed by atoms with Gasteiger partial charge in [-0.25, -0.2) is 8.78 Å². The van der Waals surface area contributed by atoms with Crippen LogP contribution in [0.3, 0.4) is 0 Å². The molecule has 1 aliphatic rings. The van der Waals surface area contributed by atoms with E-state index in [0.29, 0.717) is 18.8 Å². The smallest absolute Gasteiger partial charge is 0.159 e. The molecule has 4 heteroatoms. The molecule has 1 N–H and O–H groups in total. The lowest BCUT2D eigenvalue weighted by Crippen LogP contribution is -2.12. The fourth-order valence-electron chi connectivity index (χ4n) is 1.77. The van der Waals surface area contributed by atoms with Crippen LogP contribution >= 0.6 is 0 Å². The third-order valence-corrected chi connectivity index (χ3v) is 2.70. The van der Waals surface area contributed by atoms with Gasteiger partial charge in [0.15, 0.2) is 11.6 Å². The van der Waals surface area contributed by atoms with E-state index in [1.165, 1.54) is 6.07 Å². The number of hydrogen-bond acceptors (Lipinski definition) is 2. The van der Waals surface area contributed by atoms with Crippen molar-refractivity contribution < 1.29 is 18.6 Å². The predicted molar refractivity (Wildman–Crippen MR) is 50.2 cm³/mol. The lowest BCUT2D eigenvalue weighted by atomic mass is 9.95. The Balaban J connectivity index is 2.17. The maximum Gasteiger partial charge on any atom is 0.159 e. The summed E-state index contributed by atoms with van der Waals surface area (Å²) in [4.78, 5) is 0. The Labute approximate surface area is 86.5 Å². The van der Waals surface area contributed by atoms with Gasteiger partial charge in [-0.2, -0.15) is 0 Å². The van der Waals surface area contributed by atoms with Crippen molar-refractivity contribution in [3.05, 3.63) is 35.4 Å². The first-order chi connectivity index (χ1) is 7.18. The number of aliphatic hydroxyl groups is 1. The minimum Gasteiger partial charge on any atom is -0.388 e. The summed E-state index contributed by atoms with van der Waals surface area (Å²) >= 11 is 0. The first kappa shape index (κ1) is 10.5. The lowest BCUT2D eigenvalue weighted by Gasteiger charge is -2.16. The zero-order valence-corrected chi connectivity index (χ0v) is 8.12. The van der Waals surface area contributed by atoms with Crippen LogP contribution in [0, 0.1) is 17.6 Å². The van der Waals surface area contributed by atoms with E-state index in [-0.39, 0.29) is 5.92 Å². The third kappa shape index (κ3) is 2.16. The molecule has 2 rings (SSSR count).